The topological polar surface area (TPSA) is 53.2 Å². The van der Waals surface area contributed by atoms with Gasteiger partial charge in [0.2, 0.25) is 5.91 Å². The maximum Gasteiger partial charge on any atom is 0.226 e. The summed E-state index contributed by atoms with van der Waals surface area (Å²) < 4.78 is 13.2. The highest BCUT2D eigenvalue weighted by Gasteiger charge is 2.33. The van der Waals surface area contributed by atoms with Gasteiger partial charge in [0.05, 0.1) is 17.0 Å². The van der Waals surface area contributed by atoms with Crippen LogP contribution in [0.1, 0.15) is 17.2 Å². The lowest BCUT2D eigenvalue weighted by molar-refractivity contribution is -0.125. The third-order valence-corrected chi connectivity index (χ3v) is 4.54. The fourth-order valence-corrected chi connectivity index (χ4v) is 3.03. The number of nitrogens with one attached hydrogen (secondary N) is 3. The average Bonchev–Trinajstić information content (AvgIpc) is 3.06. The molecule has 4 nitrogen and oxygen atoms in total. The van der Waals surface area contributed by atoms with Crippen LogP contribution in [-0.2, 0) is 11.3 Å². The zero-order valence-corrected chi connectivity index (χ0v) is 14.2. The molecule has 1 saturated heterocycles. The van der Waals surface area contributed by atoms with Crippen LogP contribution in [0.15, 0.2) is 42.5 Å². The van der Waals surface area contributed by atoms with Gasteiger partial charge in [-0.25, -0.2) is 9.82 Å². The van der Waals surface area contributed by atoms with Crippen molar-refractivity contribution in [3.05, 3.63) is 69.5 Å². The summed E-state index contributed by atoms with van der Waals surface area (Å²) in [7, 11) is 0. The minimum absolute atomic E-state index is 0.0463. The van der Waals surface area contributed by atoms with E-state index in [1.807, 2.05) is 12.1 Å². The zero-order chi connectivity index (χ0) is 17.1. The Kier molecular flexibility index (Phi) is 5.36. The molecule has 2 unspecified atom stereocenters. The van der Waals surface area contributed by atoms with E-state index in [-0.39, 0.29) is 22.9 Å². The minimum atomic E-state index is -0.473. The summed E-state index contributed by atoms with van der Waals surface area (Å²) in [6.45, 7) is 0.811. The molecular weight excluding hydrogens is 352 g/mol. The summed E-state index contributed by atoms with van der Waals surface area (Å²) in [4.78, 5) is 12.5. The van der Waals surface area contributed by atoms with Gasteiger partial charge in [0.1, 0.15) is 5.82 Å². The second-order valence-corrected chi connectivity index (χ2v) is 6.47. The normalized spacial score (nSPS) is 20.1. The molecule has 2 aromatic carbocycles. The number of hydrogen-bond acceptors (Lipinski definition) is 3. The monoisotopic (exact) mass is 367 g/mol. The lowest BCUT2D eigenvalue weighted by atomic mass is 9.94. The van der Waals surface area contributed by atoms with Gasteiger partial charge < -0.3 is 5.32 Å². The number of carbonyl (C=O) groups excluding carboxylic acids is 1. The van der Waals surface area contributed by atoms with E-state index >= 15 is 0 Å². The Balaban J connectivity index is 1.65. The van der Waals surface area contributed by atoms with Crippen LogP contribution >= 0.6 is 23.2 Å². The van der Waals surface area contributed by atoms with Crippen LogP contribution < -0.4 is 16.2 Å². The summed E-state index contributed by atoms with van der Waals surface area (Å²) in [6, 6.07) is 11.7. The number of hydrazine groups is 1. The molecule has 0 spiro atoms. The van der Waals surface area contributed by atoms with Crippen LogP contribution in [0.4, 0.5) is 4.39 Å². The smallest absolute Gasteiger partial charge is 0.226 e. The maximum atomic E-state index is 13.2. The summed E-state index contributed by atoms with van der Waals surface area (Å²) >= 11 is 11.7. The number of carbonyl (C=O) groups is 1. The van der Waals surface area contributed by atoms with Crippen molar-refractivity contribution in [2.24, 2.45) is 5.92 Å². The number of rotatable bonds is 4. The van der Waals surface area contributed by atoms with Gasteiger partial charge in [0.15, 0.2) is 0 Å². The summed E-state index contributed by atoms with van der Waals surface area (Å²) in [5.41, 5.74) is 7.86. The van der Waals surface area contributed by atoms with E-state index in [0.717, 1.165) is 11.1 Å². The van der Waals surface area contributed by atoms with Gasteiger partial charge in [-0.2, -0.15) is 0 Å². The van der Waals surface area contributed by atoms with E-state index in [9.17, 15) is 9.18 Å². The van der Waals surface area contributed by atoms with Crippen molar-refractivity contribution in [1.29, 1.82) is 0 Å². The third-order valence-electron chi connectivity index (χ3n) is 4.00. The van der Waals surface area contributed by atoms with Crippen LogP contribution in [0.2, 0.25) is 10.0 Å². The van der Waals surface area contributed by atoms with Gasteiger partial charge in [-0.15, -0.1) is 0 Å². The molecule has 24 heavy (non-hydrogen) atoms. The van der Waals surface area contributed by atoms with E-state index in [2.05, 4.69) is 16.2 Å². The molecule has 0 aliphatic carbocycles. The molecule has 1 aliphatic heterocycles. The lowest BCUT2D eigenvalue weighted by Gasteiger charge is -2.18. The van der Waals surface area contributed by atoms with Crippen LogP contribution in [0.25, 0.3) is 0 Å². The highest BCUT2D eigenvalue weighted by Crippen LogP contribution is 2.26. The van der Waals surface area contributed by atoms with Crippen molar-refractivity contribution < 1.29 is 9.18 Å². The van der Waals surface area contributed by atoms with Crippen LogP contribution in [0, 0.1) is 11.7 Å². The minimum Gasteiger partial charge on any atom is -0.352 e. The first-order valence-electron chi connectivity index (χ1n) is 7.50. The Morgan fingerprint density at radius 3 is 2.67 bits per heavy atom. The largest absolute Gasteiger partial charge is 0.352 e. The molecule has 2 aromatic rings. The molecule has 3 N–H and O–H groups in total. The predicted octanol–water partition coefficient (Wildman–Crippen LogP) is 3.21. The Morgan fingerprint density at radius 1 is 1.21 bits per heavy atom. The van der Waals surface area contributed by atoms with Gasteiger partial charge in [-0.05, 0) is 35.4 Å². The Bertz CT molecular complexity index is 739. The summed E-state index contributed by atoms with van der Waals surface area (Å²) in [5, 5.41) is 3.57. The lowest BCUT2D eigenvalue weighted by Crippen LogP contribution is -2.34. The molecule has 0 bridgehead atoms. The second-order valence-electron chi connectivity index (χ2n) is 5.63. The highest BCUT2D eigenvalue weighted by atomic mass is 35.5. The molecule has 1 aliphatic rings. The van der Waals surface area contributed by atoms with Gasteiger partial charge in [0.25, 0.3) is 0 Å². The molecule has 0 saturated carbocycles. The molecule has 0 aromatic heterocycles. The first-order chi connectivity index (χ1) is 11.5. The molecule has 2 atom stereocenters. The van der Waals surface area contributed by atoms with Crippen LogP contribution in [0.3, 0.4) is 0 Å². The van der Waals surface area contributed by atoms with Gasteiger partial charge in [-0.1, -0.05) is 41.4 Å². The Morgan fingerprint density at radius 2 is 1.96 bits per heavy atom. The van der Waals surface area contributed by atoms with E-state index in [4.69, 9.17) is 23.2 Å². The SMILES string of the molecule is O=C(NCc1ccc(F)c(Cl)c1)C1CNNC1c1ccc(Cl)cc1. The molecule has 126 valence electrons. The van der Waals surface area contributed by atoms with Gasteiger partial charge in [0, 0.05) is 18.1 Å². The maximum absolute atomic E-state index is 13.2. The molecular formula is C17H16Cl2FN3O. The molecule has 0 radical (unpaired) electrons. The van der Waals surface area contributed by atoms with E-state index in [0.29, 0.717) is 18.1 Å². The number of halogens is 3. The fraction of sp³-hybridized carbons (Fsp3) is 0.235. The predicted molar refractivity (Wildman–Crippen MR) is 92.1 cm³/mol. The van der Waals surface area contributed by atoms with Crippen LogP contribution in [0.5, 0.6) is 0 Å². The van der Waals surface area contributed by atoms with Crippen LogP contribution in [-0.4, -0.2) is 12.5 Å². The molecule has 1 fully saturated rings. The zero-order valence-electron chi connectivity index (χ0n) is 12.7. The molecule has 3 rings (SSSR count). The molecule has 1 amide bonds. The molecule has 1 heterocycles. The van der Waals surface area contributed by atoms with Crippen molar-refractivity contribution in [1.82, 2.24) is 16.2 Å². The van der Waals surface area contributed by atoms with E-state index < -0.39 is 5.82 Å². The standard InChI is InChI=1S/C17H16Cl2FN3O/c18-12-4-2-11(3-5-12)16-13(9-22-23-16)17(24)21-8-10-1-6-15(20)14(19)7-10/h1-7,13,16,22-23H,8-9H2,(H,21,24). The quantitative estimate of drug-likeness (QED) is 0.777. The highest BCUT2D eigenvalue weighted by molar-refractivity contribution is 6.31. The Hall–Kier alpha value is -1.66. The first-order valence-corrected chi connectivity index (χ1v) is 8.25. The molecule has 7 heteroatoms. The third kappa shape index (κ3) is 3.87. The van der Waals surface area contributed by atoms with Crippen molar-refractivity contribution >= 4 is 29.1 Å². The number of benzene rings is 2. The van der Waals surface area contributed by atoms with Crippen molar-refractivity contribution in [3.8, 4) is 0 Å². The van der Waals surface area contributed by atoms with Crippen molar-refractivity contribution in [2.45, 2.75) is 12.6 Å². The fourth-order valence-electron chi connectivity index (χ4n) is 2.70. The van der Waals surface area contributed by atoms with E-state index in [1.165, 1.54) is 12.1 Å². The second kappa shape index (κ2) is 7.49. The van der Waals surface area contributed by atoms with Gasteiger partial charge >= 0.3 is 0 Å². The van der Waals surface area contributed by atoms with Crippen molar-refractivity contribution in [3.63, 3.8) is 0 Å². The Labute approximate surface area is 149 Å². The van der Waals surface area contributed by atoms with E-state index in [1.54, 1.807) is 18.2 Å². The number of hydrogen-bond donors (Lipinski definition) is 3. The first kappa shape index (κ1) is 17.2. The number of amides is 1. The average molecular weight is 368 g/mol. The summed E-state index contributed by atoms with van der Waals surface area (Å²) in [5.74, 6) is -0.825. The van der Waals surface area contributed by atoms with Gasteiger partial charge in [-0.3, -0.25) is 10.2 Å². The van der Waals surface area contributed by atoms with Crippen molar-refractivity contribution in [2.75, 3.05) is 6.54 Å². The summed E-state index contributed by atoms with van der Waals surface area (Å²) in [6.07, 6.45) is 0.